The largest absolute Gasteiger partial charge is 0.0654 e. The third kappa shape index (κ3) is 36.1. The second kappa shape index (κ2) is 38.0. The molecule has 0 heterocycles. The van der Waals surface area contributed by atoms with Crippen molar-refractivity contribution >= 4 is 0 Å². The standard InChI is InChI=1S/C41H83/c1-4-7-10-13-15-17-19-20-21-22-23-24-25-26-28-30-32-34-37-40-41(38-35-12-9-6-3)39-36-33-31-29-27-18-16-14-11-8-5-2/h41H,3-40H2,1-2H3. The lowest BCUT2D eigenvalue weighted by Gasteiger charge is -2.17. The Labute approximate surface area is 263 Å². The third-order valence-electron chi connectivity index (χ3n) is 9.79. The van der Waals surface area contributed by atoms with Crippen molar-refractivity contribution in [3.8, 4) is 0 Å². The molecule has 0 aliphatic carbocycles. The van der Waals surface area contributed by atoms with Gasteiger partial charge in [0.15, 0.2) is 0 Å². The molecular weight excluding hydrogens is 492 g/mol. The first-order valence-corrected chi connectivity index (χ1v) is 20.1. The van der Waals surface area contributed by atoms with Crippen molar-refractivity contribution in [3.63, 3.8) is 0 Å². The SMILES string of the molecule is [CH2]CCCCCC(CCCCCCCCCCCCC)CCCCCCCCCCCCCCCCCCCCC. The van der Waals surface area contributed by atoms with Gasteiger partial charge in [-0.25, -0.2) is 0 Å². The second-order valence-corrected chi connectivity index (χ2v) is 14.0. The summed E-state index contributed by atoms with van der Waals surface area (Å²) in [6.07, 6.45) is 54.1. The number of hydrogen-bond donors (Lipinski definition) is 0. The summed E-state index contributed by atoms with van der Waals surface area (Å²) < 4.78 is 0. The molecule has 247 valence electrons. The number of rotatable bonds is 37. The Hall–Kier alpha value is 0. The highest BCUT2D eigenvalue weighted by Gasteiger charge is 2.08. The van der Waals surface area contributed by atoms with Gasteiger partial charge in [-0.3, -0.25) is 0 Å². The van der Waals surface area contributed by atoms with E-state index >= 15 is 0 Å². The quantitative estimate of drug-likeness (QED) is 0.0646. The highest BCUT2D eigenvalue weighted by atomic mass is 14.1. The van der Waals surface area contributed by atoms with E-state index in [-0.39, 0.29) is 0 Å². The van der Waals surface area contributed by atoms with E-state index in [1.54, 1.807) is 0 Å². The maximum Gasteiger partial charge on any atom is -0.0414 e. The molecule has 0 aromatic heterocycles. The van der Waals surface area contributed by atoms with E-state index in [0.717, 1.165) is 12.3 Å². The fraction of sp³-hybridized carbons (Fsp3) is 0.976. The van der Waals surface area contributed by atoms with Crippen molar-refractivity contribution in [2.45, 2.75) is 251 Å². The maximum atomic E-state index is 4.04. The predicted octanol–water partition coefficient (Wildman–Crippen LogP) is 15.9. The van der Waals surface area contributed by atoms with Crippen LogP contribution in [0.4, 0.5) is 0 Å². The molecule has 0 rings (SSSR count). The molecular formula is C41H83. The van der Waals surface area contributed by atoms with Crippen molar-refractivity contribution in [3.05, 3.63) is 6.92 Å². The van der Waals surface area contributed by atoms with E-state index in [4.69, 9.17) is 0 Å². The number of hydrogen-bond acceptors (Lipinski definition) is 0. The average molecular weight is 576 g/mol. The van der Waals surface area contributed by atoms with Crippen LogP contribution in [0.5, 0.6) is 0 Å². The molecule has 0 aromatic carbocycles. The molecule has 0 heteroatoms. The summed E-state index contributed by atoms with van der Waals surface area (Å²) in [4.78, 5) is 0. The van der Waals surface area contributed by atoms with Crippen LogP contribution in [0.3, 0.4) is 0 Å². The second-order valence-electron chi connectivity index (χ2n) is 14.0. The summed E-state index contributed by atoms with van der Waals surface area (Å²) in [6, 6.07) is 0. The lowest BCUT2D eigenvalue weighted by Crippen LogP contribution is -2.01. The smallest absolute Gasteiger partial charge is 0.0414 e. The molecule has 0 aliphatic heterocycles. The van der Waals surface area contributed by atoms with Crippen LogP contribution >= 0.6 is 0 Å². The number of unbranched alkanes of at least 4 members (excludes halogenated alkanes) is 31. The first-order valence-electron chi connectivity index (χ1n) is 20.1. The van der Waals surface area contributed by atoms with Crippen LogP contribution in [-0.2, 0) is 0 Å². The van der Waals surface area contributed by atoms with E-state index in [1.165, 1.54) is 231 Å². The fourth-order valence-corrected chi connectivity index (χ4v) is 6.83. The summed E-state index contributed by atoms with van der Waals surface area (Å²) in [7, 11) is 0. The lowest BCUT2D eigenvalue weighted by atomic mass is 9.89. The van der Waals surface area contributed by atoms with Gasteiger partial charge in [-0.1, -0.05) is 258 Å². The monoisotopic (exact) mass is 576 g/mol. The Morgan fingerprint density at radius 1 is 0.268 bits per heavy atom. The Kier molecular flexibility index (Phi) is 38.0. The van der Waals surface area contributed by atoms with E-state index < -0.39 is 0 Å². The normalized spacial score (nSPS) is 12.4. The van der Waals surface area contributed by atoms with Gasteiger partial charge in [0.2, 0.25) is 0 Å². The molecule has 41 heavy (non-hydrogen) atoms. The minimum atomic E-state index is 1.02. The Morgan fingerprint density at radius 2 is 0.463 bits per heavy atom. The lowest BCUT2D eigenvalue weighted by molar-refractivity contribution is 0.366. The summed E-state index contributed by atoms with van der Waals surface area (Å²) in [5.41, 5.74) is 0. The van der Waals surface area contributed by atoms with Gasteiger partial charge in [0, 0.05) is 0 Å². The topological polar surface area (TPSA) is 0 Å². The summed E-state index contributed by atoms with van der Waals surface area (Å²) in [5.74, 6) is 1.02. The molecule has 0 amide bonds. The molecule has 1 radical (unpaired) electrons. The molecule has 0 fully saturated rings. The van der Waals surface area contributed by atoms with Gasteiger partial charge >= 0.3 is 0 Å². The van der Waals surface area contributed by atoms with Crippen LogP contribution < -0.4 is 0 Å². The first kappa shape index (κ1) is 41.0. The summed E-state index contributed by atoms with van der Waals surface area (Å²) in [6.45, 7) is 8.67. The molecule has 0 N–H and O–H groups in total. The first-order chi connectivity index (χ1) is 20.3. The van der Waals surface area contributed by atoms with Crippen LogP contribution in [0, 0.1) is 12.8 Å². The zero-order valence-electron chi connectivity index (χ0n) is 29.4. The zero-order chi connectivity index (χ0) is 29.7. The fourth-order valence-electron chi connectivity index (χ4n) is 6.83. The van der Waals surface area contributed by atoms with Crippen molar-refractivity contribution < 1.29 is 0 Å². The summed E-state index contributed by atoms with van der Waals surface area (Å²) >= 11 is 0. The highest BCUT2D eigenvalue weighted by molar-refractivity contribution is 4.62. The Bertz CT molecular complexity index is 426. The van der Waals surface area contributed by atoms with Gasteiger partial charge in [0.25, 0.3) is 0 Å². The minimum Gasteiger partial charge on any atom is -0.0654 e. The molecule has 0 spiro atoms. The van der Waals surface area contributed by atoms with Crippen molar-refractivity contribution in [2.24, 2.45) is 5.92 Å². The molecule has 1 atom stereocenters. The molecule has 0 aliphatic rings. The van der Waals surface area contributed by atoms with Crippen molar-refractivity contribution in [1.29, 1.82) is 0 Å². The van der Waals surface area contributed by atoms with E-state index in [2.05, 4.69) is 20.8 Å². The van der Waals surface area contributed by atoms with Crippen LogP contribution in [0.25, 0.3) is 0 Å². The molecule has 0 saturated heterocycles. The van der Waals surface area contributed by atoms with Crippen molar-refractivity contribution in [2.75, 3.05) is 0 Å². The van der Waals surface area contributed by atoms with Crippen LogP contribution in [0.2, 0.25) is 0 Å². The van der Waals surface area contributed by atoms with E-state index in [1.807, 2.05) is 0 Å². The average Bonchev–Trinajstić information content (AvgIpc) is 2.98. The van der Waals surface area contributed by atoms with E-state index in [9.17, 15) is 0 Å². The molecule has 0 bridgehead atoms. The molecule has 1 unspecified atom stereocenters. The van der Waals surface area contributed by atoms with Gasteiger partial charge < -0.3 is 0 Å². The van der Waals surface area contributed by atoms with Crippen LogP contribution in [-0.4, -0.2) is 0 Å². The van der Waals surface area contributed by atoms with Gasteiger partial charge in [-0.05, 0) is 5.92 Å². The van der Waals surface area contributed by atoms with Gasteiger partial charge in [-0.15, -0.1) is 0 Å². The van der Waals surface area contributed by atoms with Gasteiger partial charge in [0.05, 0.1) is 0 Å². The Morgan fingerprint density at radius 3 is 0.683 bits per heavy atom. The highest BCUT2D eigenvalue weighted by Crippen LogP contribution is 2.25. The summed E-state index contributed by atoms with van der Waals surface area (Å²) in [5, 5.41) is 0. The van der Waals surface area contributed by atoms with Crippen LogP contribution in [0.1, 0.15) is 251 Å². The van der Waals surface area contributed by atoms with Gasteiger partial charge in [0.1, 0.15) is 0 Å². The van der Waals surface area contributed by atoms with Crippen LogP contribution in [0.15, 0.2) is 0 Å². The zero-order valence-corrected chi connectivity index (χ0v) is 29.4. The molecule has 0 saturated carbocycles. The van der Waals surface area contributed by atoms with E-state index in [0.29, 0.717) is 0 Å². The molecule has 0 aromatic rings. The van der Waals surface area contributed by atoms with Crippen molar-refractivity contribution in [1.82, 2.24) is 0 Å². The maximum absolute atomic E-state index is 4.04. The van der Waals surface area contributed by atoms with Gasteiger partial charge in [-0.2, -0.15) is 0 Å². The predicted molar refractivity (Wildman–Crippen MR) is 191 cm³/mol. The Balaban J connectivity index is 3.56. The molecule has 0 nitrogen and oxygen atoms in total. The third-order valence-corrected chi connectivity index (χ3v) is 9.79. The minimum absolute atomic E-state index is 1.02.